The summed E-state index contributed by atoms with van der Waals surface area (Å²) in [6.07, 6.45) is 2.14. The molecule has 0 aliphatic carbocycles. The molecule has 20 heavy (non-hydrogen) atoms. The fraction of sp³-hybridized carbons (Fsp3) is 0.647. The number of benzene rings is 1. The highest BCUT2D eigenvalue weighted by Gasteiger charge is 2.19. The van der Waals surface area contributed by atoms with Crippen molar-refractivity contribution in [1.82, 2.24) is 4.90 Å². The van der Waals surface area contributed by atoms with Crippen LogP contribution in [0.3, 0.4) is 0 Å². The molecule has 112 valence electrons. The van der Waals surface area contributed by atoms with Crippen molar-refractivity contribution in [2.24, 2.45) is 5.92 Å². The number of rotatable bonds is 5. The van der Waals surface area contributed by atoms with Crippen molar-refractivity contribution in [1.29, 1.82) is 0 Å². The predicted octanol–water partition coefficient (Wildman–Crippen LogP) is 2.78. The van der Waals surface area contributed by atoms with E-state index in [-0.39, 0.29) is 0 Å². The maximum Gasteiger partial charge on any atom is 0.122 e. The Kier molecular flexibility index (Phi) is 5.44. The number of aliphatic hydroxyl groups is 1. The smallest absolute Gasteiger partial charge is 0.122 e. The maximum atomic E-state index is 10.1. The first-order chi connectivity index (χ1) is 9.54. The van der Waals surface area contributed by atoms with Crippen molar-refractivity contribution in [2.45, 2.75) is 39.7 Å². The second-order valence-corrected chi connectivity index (χ2v) is 6.24. The summed E-state index contributed by atoms with van der Waals surface area (Å²) in [5, 5.41) is 10.1. The highest BCUT2D eigenvalue weighted by molar-refractivity contribution is 5.35. The number of nitrogens with zero attached hydrogens (tertiary/aromatic N) is 1. The lowest BCUT2D eigenvalue weighted by Crippen LogP contribution is -2.41. The lowest BCUT2D eigenvalue weighted by molar-refractivity contribution is 0.0535. The third kappa shape index (κ3) is 4.50. The van der Waals surface area contributed by atoms with Gasteiger partial charge < -0.3 is 14.7 Å². The van der Waals surface area contributed by atoms with Crippen LogP contribution in [0.4, 0.5) is 0 Å². The molecule has 0 bridgehead atoms. The van der Waals surface area contributed by atoms with Gasteiger partial charge in [0, 0.05) is 13.1 Å². The van der Waals surface area contributed by atoms with Gasteiger partial charge in [-0.2, -0.15) is 0 Å². The molecule has 0 saturated carbocycles. The lowest BCUT2D eigenvalue weighted by Gasteiger charge is -2.32. The van der Waals surface area contributed by atoms with E-state index in [1.54, 1.807) is 0 Å². The highest BCUT2D eigenvalue weighted by atomic mass is 16.5. The number of piperidine rings is 1. The number of β-amino-alcohol motifs (C(OH)–C–C–N with tert-alkyl or cyclic N) is 1. The molecule has 0 unspecified atom stereocenters. The van der Waals surface area contributed by atoms with E-state index in [1.165, 1.54) is 18.4 Å². The lowest BCUT2D eigenvalue weighted by atomic mass is 10.0. The SMILES string of the molecule is Cc1ccc(C)c(OC[C@H](O)CN2CCC[C@@H](C)C2)c1. The molecule has 1 N–H and O–H groups in total. The van der Waals surface area contributed by atoms with E-state index in [2.05, 4.69) is 30.9 Å². The Morgan fingerprint density at radius 3 is 2.95 bits per heavy atom. The fourth-order valence-electron chi connectivity index (χ4n) is 2.85. The average Bonchev–Trinajstić information content (AvgIpc) is 2.40. The van der Waals surface area contributed by atoms with Gasteiger partial charge in [0.25, 0.3) is 0 Å². The van der Waals surface area contributed by atoms with Crippen LogP contribution >= 0.6 is 0 Å². The molecule has 1 aliphatic rings. The molecule has 0 aromatic heterocycles. The summed E-state index contributed by atoms with van der Waals surface area (Å²) in [5.41, 5.74) is 2.30. The largest absolute Gasteiger partial charge is 0.491 e. The van der Waals surface area contributed by atoms with Crippen molar-refractivity contribution in [3.05, 3.63) is 29.3 Å². The zero-order chi connectivity index (χ0) is 14.5. The molecule has 1 aliphatic heterocycles. The van der Waals surface area contributed by atoms with E-state index >= 15 is 0 Å². The van der Waals surface area contributed by atoms with Crippen molar-refractivity contribution in [3.63, 3.8) is 0 Å². The number of aliphatic hydroxyl groups excluding tert-OH is 1. The summed E-state index contributed by atoms with van der Waals surface area (Å²) in [6.45, 7) is 9.66. The van der Waals surface area contributed by atoms with Crippen LogP contribution in [-0.2, 0) is 0 Å². The second-order valence-electron chi connectivity index (χ2n) is 6.24. The first-order valence-corrected chi connectivity index (χ1v) is 7.65. The van der Waals surface area contributed by atoms with Crippen molar-refractivity contribution in [3.8, 4) is 5.75 Å². The number of likely N-dealkylation sites (tertiary alicyclic amines) is 1. The summed E-state index contributed by atoms with van der Waals surface area (Å²) in [7, 11) is 0. The van der Waals surface area contributed by atoms with Crippen LogP contribution in [-0.4, -0.2) is 42.4 Å². The molecule has 1 aromatic rings. The quantitative estimate of drug-likeness (QED) is 0.898. The van der Waals surface area contributed by atoms with Gasteiger partial charge in [0.2, 0.25) is 0 Å². The van der Waals surface area contributed by atoms with E-state index < -0.39 is 6.10 Å². The maximum absolute atomic E-state index is 10.1. The molecule has 1 heterocycles. The number of ether oxygens (including phenoxy) is 1. The van der Waals surface area contributed by atoms with Gasteiger partial charge in [-0.05, 0) is 56.3 Å². The fourth-order valence-corrected chi connectivity index (χ4v) is 2.85. The highest BCUT2D eigenvalue weighted by Crippen LogP contribution is 2.20. The zero-order valence-electron chi connectivity index (χ0n) is 12.9. The summed E-state index contributed by atoms with van der Waals surface area (Å²) in [6, 6.07) is 6.17. The summed E-state index contributed by atoms with van der Waals surface area (Å²) in [4.78, 5) is 2.35. The Morgan fingerprint density at radius 2 is 2.20 bits per heavy atom. The minimum Gasteiger partial charge on any atom is -0.491 e. The van der Waals surface area contributed by atoms with E-state index in [0.717, 1.165) is 36.9 Å². The predicted molar refractivity (Wildman–Crippen MR) is 82.3 cm³/mol. The van der Waals surface area contributed by atoms with Gasteiger partial charge in [-0.25, -0.2) is 0 Å². The molecule has 1 aromatic carbocycles. The number of hydrogen-bond acceptors (Lipinski definition) is 3. The van der Waals surface area contributed by atoms with Crippen LogP contribution < -0.4 is 4.74 Å². The van der Waals surface area contributed by atoms with E-state index in [4.69, 9.17) is 4.74 Å². The van der Waals surface area contributed by atoms with Gasteiger partial charge in [-0.3, -0.25) is 0 Å². The number of aryl methyl sites for hydroxylation is 2. The molecular weight excluding hydrogens is 250 g/mol. The average molecular weight is 277 g/mol. The van der Waals surface area contributed by atoms with Crippen LogP contribution in [0.15, 0.2) is 18.2 Å². The third-order valence-electron chi connectivity index (χ3n) is 3.98. The van der Waals surface area contributed by atoms with Crippen LogP contribution in [0.5, 0.6) is 5.75 Å². The molecule has 2 atom stereocenters. The van der Waals surface area contributed by atoms with Gasteiger partial charge in [0.15, 0.2) is 0 Å². The van der Waals surface area contributed by atoms with Crippen LogP contribution in [0, 0.1) is 19.8 Å². The standard InChI is InChI=1S/C17H27NO2/c1-13-6-7-15(3)17(9-13)20-12-16(19)11-18-8-4-5-14(2)10-18/h6-7,9,14,16,19H,4-5,8,10-12H2,1-3H3/t14-,16-/m1/s1. The van der Waals surface area contributed by atoms with Crippen molar-refractivity contribution < 1.29 is 9.84 Å². The van der Waals surface area contributed by atoms with Gasteiger partial charge in [0.05, 0.1) is 0 Å². The molecule has 1 saturated heterocycles. The zero-order valence-corrected chi connectivity index (χ0v) is 12.9. The molecule has 0 spiro atoms. The normalized spacial score (nSPS) is 21.7. The molecule has 0 radical (unpaired) electrons. The first kappa shape index (κ1) is 15.3. The monoisotopic (exact) mass is 277 g/mol. The Balaban J connectivity index is 1.79. The van der Waals surface area contributed by atoms with Gasteiger partial charge in [0.1, 0.15) is 18.5 Å². The van der Waals surface area contributed by atoms with Crippen molar-refractivity contribution >= 4 is 0 Å². The van der Waals surface area contributed by atoms with Gasteiger partial charge >= 0.3 is 0 Å². The van der Waals surface area contributed by atoms with Crippen LogP contribution in [0.1, 0.15) is 30.9 Å². The minimum absolute atomic E-state index is 0.370. The summed E-state index contributed by atoms with van der Waals surface area (Å²) < 4.78 is 5.77. The molecular formula is C17H27NO2. The number of hydrogen-bond donors (Lipinski definition) is 1. The first-order valence-electron chi connectivity index (χ1n) is 7.65. The topological polar surface area (TPSA) is 32.7 Å². The Morgan fingerprint density at radius 1 is 1.40 bits per heavy atom. The van der Waals surface area contributed by atoms with E-state index in [9.17, 15) is 5.11 Å². The molecule has 3 heteroatoms. The van der Waals surface area contributed by atoms with Crippen molar-refractivity contribution in [2.75, 3.05) is 26.2 Å². The molecule has 3 nitrogen and oxygen atoms in total. The molecule has 1 fully saturated rings. The Hall–Kier alpha value is -1.06. The Bertz CT molecular complexity index is 433. The third-order valence-corrected chi connectivity index (χ3v) is 3.98. The Labute approximate surface area is 122 Å². The van der Waals surface area contributed by atoms with Gasteiger partial charge in [-0.1, -0.05) is 19.1 Å². The molecule has 0 amide bonds. The van der Waals surface area contributed by atoms with E-state index in [1.807, 2.05) is 13.0 Å². The van der Waals surface area contributed by atoms with Crippen LogP contribution in [0.2, 0.25) is 0 Å². The second kappa shape index (κ2) is 7.09. The molecule has 2 rings (SSSR count). The summed E-state index contributed by atoms with van der Waals surface area (Å²) >= 11 is 0. The minimum atomic E-state index is -0.416. The summed E-state index contributed by atoms with van der Waals surface area (Å²) in [5.74, 6) is 1.63. The van der Waals surface area contributed by atoms with Gasteiger partial charge in [-0.15, -0.1) is 0 Å². The van der Waals surface area contributed by atoms with Crippen LogP contribution in [0.25, 0.3) is 0 Å². The van der Waals surface area contributed by atoms with E-state index in [0.29, 0.717) is 6.61 Å².